The van der Waals surface area contributed by atoms with Crippen molar-refractivity contribution in [2.75, 3.05) is 24.5 Å². The first-order valence-corrected chi connectivity index (χ1v) is 6.35. The minimum Gasteiger partial charge on any atom is -0.390 e. The summed E-state index contributed by atoms with van der Waals surface area (Å²) in [7, 11) is 0. The van der Waals surface area contributed by atoms with E-state index in [1.54, 1.807) is 12.1 Å². The molecule has 6 nitrogen and oxygen atoms in total. The van der Waals surface area contributed by atoms with Gasteiger partial charge in [0.15, 0.2) is 0 Å². The monoisotopic (exact) mass is 264 g/mol. The third kappa shape index (κ3) is 4.13. The van der Waals surface area contributed by atoms with E-state index in [-0.39, 0.29) is 6.54 Å². The highest BCUT2D eigenvalue weighted by molar-refractivity contribution is 5.47. The molecule has 2 N–H and O–H groups in total. The van der Waals surface area contributed by atoms with Crippen molar-refractivity contribution in [1.29, 1.82) is 0 Å². The van der Waals surface area contributed by atoms with Gasteiger partial charge in [0.05, 0.1) is 12.6 Å². The van der Waals surface area contributed by atoms with E-state index >= 15 is 0 Å². The van der Waals surface area contributed by atoms with E-state index in [0.717, 1.165) is 18.8 Å². The Bertz CT molecular complexity index is 425. The Labute approximate surface area is 112 Å². The van der Waals surface area contributed by atoms with Crippen LogP contribution in [-0.2, 0) is 0 Å². The average molecular weight is 264 g/mol. The summed E-state index contributed by atoms with van der Waals surface area (Å²) < 4.78 is 0. The Balaban J connectivity index is 2.77. The molecule has 0 saturated heterocycles. The van der Waals surface area contributed by atoms with Crippen LogP contribution < -0.4 is 4.90 Å². The van der Waals surface area contributed by atoms with E-state index < -0.39 is 12.2 Å². The lowest BCUT2D eigenvalue weighted by molar-refractivity contribution is 0.0244. The van der Waals surface area contributed by atoms with Crippen LogP contribution in [0.1, 0.15) is 25.5 Å². The molecule has 0 aliphatic heterocycles. The fraction of sp³-hybridized carbons (Fsp3) is 0.538. The fourth-order valence-corrected chi connectivity index (χ4v) is 1.91. The van der Waals surface area contributed by atoms with Gasteiger partial charge in [-0.1, -0.05) is 17.2 Å². The summed E-state index contributed by atoms with van der Waals surface area (Å²) in [6.07, 6.45) is -2.13. The molecule has 0 aliphatic carbocycles. The number of aliphatic hydroxyl groups excluding tert-OH is 2. The van der Waals surface area contributed by atoms with Gasteiger partial charge in [-0.15, -0.1) is 0 Å². The van der Waals surface area contributed by atoms with Gasteiger partial charge in [-0.05, 0) is 37.1 Å². The van der Waals surface area contributed by atoms with E-state index in [0.29, 0.717) is 5.56 Å². The minimum atomic E-state index is -1.09. The average Bonchev–Trinajstić information content (AvgIpc) is 2.46. The van der Waals surface area contributed by atoms with Crippen LogP contribution >= 0.6 is 0 Å². The topological polar surface area (TPSA) is 92.5 Å². The van der Waals surface area contributed by atoms with Crippen LogP contribution in [0.3, 0.4) is 0 Å². The summed E-state index contributed by atoms with van der Waals surface area (Å²) in [6.45, 7) is 5.84. The Morgan fingerprint density at radius 3 is 2.26 bits per heavy atom. The van der Waals surface area contributed by atoms with E-state index in [9.17, 15) is 10.2 Å². The van der Waals surface area contributed by atoms with Crippen LogP contribution in [0.15, 0.2) is 29.4 Å². The molecular weight excluding hydrogens is 244 g/mol. The third-order valence-corrected chi connectivity index (χ3v) is 3.06. The lowest BCUT2D eigenvalue weighted by atomic mass is 10.0. The third-order valence-electron chi connectivity index (χ3n) is 3.06. The number of hydrogen-bond acceptors (Lipinski definition) is 4. The zero-order chi connectivity index (χ0) is 14.3. The molecule has 0 saturated carbocycles. The largest absolute Gasteiger partial charge is 0.390 e. The Morgan fingerprint density at radius 1 is 1.21 bits per heavy atom. The predicted molar refractivity (Wildman–Crippen MR) is 75.0 cm³/mol. The van der Waals surface area contributed by atoms with Gasteiger partial charge in [-0.3, -0.25) is 0 Å². The minimum absolute atomic E-state index is 0.143. The molecule has 0 aromatic heterocycles. The maximum atomic E-state index is 9.91. The highest BCUT2D eigenvalue weighted by atomic mass is 16.3. The smallest absolute Gasteiger partial charge is 0.105 e. The summed E-state index contributed by atoms with van der Waals surface area (Å²) in [5.41, 5.74) is 9.86. The first kappa shape index (κ1) is 15.3. The van der Waals surface area contributed by atoms with Crippen LogP contribution in [-0.4, -0.2) is 36.0 Å². The molecule has 2 atom stereocenters. The van der Waals surface area contributed by atoms with E-state index in [4.69, 9.17) is 5.53 Å². The van der Waals surface area contributed by atoms with Crippen LogP contribution in [0.5, 0.6) is 0 Å². The van der Waals surface area contributed by atoms with Crippen LogP contribution in [0, 0.1) is 0 Å². The molecule has 1 aromatic rings. The summed E-state index contributed by atoms with van der Waals surface area (Å²) in [4.78, 5) is 4.75. The number of aliphatic hydroxyl groups is 2. The molecule has 2 unspecified atom stereocenters. The maximum Gasteiger partial charge on any atom is 0.105 e. The maximum absolute atomic E-state index is 9.91. The van der Waals surface area contributed by atoms with Crippen molar-refractivity contribution in [3.63, 3.8) is 0 Å². The van der Waals surface area contributed by atoms with Gasteiger partial charge in [0.1, 0.15) is 6.10 Å². The molecule has 0 spiro atoms. The van der Waals surface area contributed by atoms with Crippen LogP contribution in [0.25, 0.3) is 10.4 Å². The number of rotatable bonds is 7. The van der Waals surface area contributed by atoms with Crippen molar-refractivity contribution in [3.8, 4) is 0 Å². The number of anilines is 1. The molecule has 0 amide bonds. The van der Waals surface area contributed by atoms with Crippen LogP contribution in [0.2, 0.25) is 0 Å². The molecule has 0 radical (unpaired) electrons. The first-order chi connectivity index (χ1) is 9.13. The lowest BCUT2D eigenvalue weighted by Crippen LogP contribution is -2.23. The molecule has 104 valence electrons. The highest BCUT2D eigenvalue weighted by Gasteiger charge is 2.17. The van der Waals surface area contributed by atoms with Crippen molar-refractivity contribution in [2.45, 2.75) is 26.1 Å². The molecule has 0 bridgehead atoms. The second-order valence-corrected chi connectivity index (χ2v) is 4.19. The van der Waals surface area contributed by atoms with Crippen LogP contribution in [0.4, 0.5) is 5.69 Å². The summed E-state index contributed by atoms with van der Waals surface area (Å²) in [6, 6.07) is 7.37. The first-order valence-electron chi connectivity index (χ1n) is 6.35. The fourth-order valence-electron chi connectivity index (χ4n) is 1.91. The zero-order valence-corrected chi connectivity index (χ0v) is 11.3. The standard InChI is InChI=1S/C13H20N4O2/c1-3-17(4-2)11-7-5-10(6-8-11)13(19)12(18)9-15-16-14/h5-8,12-13,18-19H,3-4,9H2,1-2H3. The summed E-state index contributed by atoms with van der Waals surface area (Å²) in [5, 5.41) is 22.8. The second-order valence-electron chi connectivity index (χ2n) is 4.19. The molecule has 0 aliphatic rings. The summed E-state index contributed by atoms with van der Waals surface area (Å²) >= 11 is 0. The molecule has 0 heterocycles. The van der Waals surface area contributed by atoms with E-state index in [1.807, 2.05) is 12.1 Å². The number of benzene rings is 1. The lowest BCUT2D eigenvalue weighted by Gasteiger charge is -2.22. The zero-order valence-electron chi connectivity index (χ0n) is 11.3. The van der Waals surface area contributed by atoms with Gasteiger partial charge < -0.3 is 15.1 Å². The molecular formula is C13H20N4O2. The van der Waals surface area contributed by atoms with E-state index in [1.165, 1.54) is 0 Å². The van der Waals surface area contributed by atoms with Crippen molar-refractivity contribution < 1.29 is 10.2 Å². The van der Waals surface area contributed by atoms with E-state index in [2.05, 4.69) is 28.8 Å². The van der Waals surface area contributed by atoms with Crippen molar-refractivity contribution in [3.05, 3.63) is 40.3 Å². The number of nitrogens with zero attached hydrogens (tertiary/aromatic N) is 4. The van der Waals surface area contributed by atoms with Crippen molar-refractivity contribution in [1.82, 2.24) is 0 Å². The molecule has 19 heavy (non-hydrogen) atoms. The Morgan fingerprint density at radius 2 is 1.79 bits per heavy atom. The Kier molecular flexibility index (Phi) is 6.15. The predicted octanol–water partition coefficient (Wildman–Crippen LogP) is 2.24. The van der Waals surface area contributed by atoms with Gasteiger partial charge in [-0.25, -0.2) is 0 Å². The number of azide groups is 1. The highest BCUT2D eigenvalue weighted by Crippen LogP contribution is 2.21. The Hall–Kier alpha value is -1.75. The summed E-state index contributed by atoms with van der Waals surface area (Å²) in [5.74, 6) is 0. The van der Waals surface area contributed by atoms with Gasteiger partial charge >= 0.3 is 0 Å². The second kappa shape index (κ2) is 7.63. The quantitative estimate of drug-likeness (QED) is 0.449. The van der Waals surface area contributed by atoms with Gasteiger partial charge in [0.2, 0.25) is 0 Å². The van der Waals surface area contributed by atoms with Gasteiger partial charge in [0.25, 0.3) is 0 Å². The molecule has 1 rings (SSSR count). The van der Waals surface area contributed by atoms with Gasteiger partial charge in [-0.2, -0.15) is 0 Å². The SMILES string of the molecule is CCN(CC)c1ccc(C(O)C(O)CN=[N+]=[N-])cc1. The van der Waals surface area contributed by atoms with Crippen molar-refractivity contribution >= 4 is 5.69 Å². The molecule has 1 aromatic carbocycles. The molecule has 6 heteroatoms. The van der Waals surface area contributed by atoms with Crippen molar-refractivity contribution in [2.24, 2.45) is 5.11 Å². The molecule has 0 fully saturated rings. The normalized spacial score (nSPS) is 13.5. The van der Waals surface area contributed by atoms with Gasteiger partial charge in [0, 0.05) is 23.7 Å². The number of hydrogen-bond donors (Lipinski definition) is 2.